The van der Waals surface area contributed by atoms with E-state index in [0.29, 0.717) is 13.2 Å². The van der Waals surface area contributed by atoms with E-state index < -0.39 is 5.67 Å². The molecule has 58 valence electrons. The van der Waals surface area contributed by atoms with Crippen molar-refractivity contribution in [2.75, 3.05) is 26.3 Å². The zero-order valence-corrected chi connectivity index (χ0v) is 5.90. The molecule has 0 aromatic rings. The maximum absolute atomic E-state index is 13.6. The van der Waals surface area contributed by atoms with Gasteiger partial charge in [0.05, 0.1) is 6.61 Å². The van der Waals surface area contributed by atoms with Crippen LogP contribution >= 0.6 is 0 Å². The molecule has 2 saturated heterocycles. The van der Waals surface area contributed by atoms with Gasteiger partial charge in [-0.05, 0) is 6.42 Å². The Hall–Kier alpha value is -0.150. The lowest BCUT2D eigenvalue weighted by atomic mass is 9.89. The molecule has 2 aliphatic heterocycles. The molecule has 0 radical (unpaired) electrons. The summed E-state index contributed by atoms with van der Waals surface area (Å²) in [5, 5.41) is 3.05. The van der Waals surface area contributed by atoms with Gasteiger partial charge in [-0.25, -0.2) is 4.39 Å². The lowest BCUT2D eigenvalue weighted by molar-refractivity contribution is -0.0479. The van der Waals surface area contributed by atoms with E-state index in [4.69, 9.17) is 4.74 Å². The molecule has 0 spiro atoms. The standard InChI is InChI=1S/C7H12FNO/c8-7-4-9-3-6(7)1-2-10-5-7/h6,9H,1-5H2/t6-,7+/m0/s1. The molecule has 2 atom stereocenters. The van der Waals surface area contributed by atoms with Crippen LogP contribution in [0.15, 0.2) is 0 Å². The van der Waals surface area contributed by atoms with E-state index in [9.17, 15) is 4.39 Å². The molecule has 0 saturated carbocycles. The molecule has 0 aromatic heterocycles. The molecule has 2 rings (SSSR count). The Labute approximate surface area is 59.7 Å². The second-order valence-electron chi connectivity index (χ2n) is 3.20. The van der Waals surface area contributed by atoms with Crippen molar-refractivity contribution in [1.29, 1.82) is 0 Å². The van der Waals surface area contributed by atoms with Crippen LogP contribution in [0.3, 0.4) is 0 Å². The molecular formula is C7H12FNO. The molecule has 0 bridgehead atoms. The largest absolute Gasteiger partial charge is 0.378 e. The topological polar surface area (TPSA) is 21.3 Å². The number of rotatable bonds is 0. The van der Waals surface area contributed by atoms with E-state index in [2.05, 4.69) is 5.32 Å². The third-order valence-corrected chi connectivity index (χ3v) is 2.49. The molecule has 0 aliphatic carbocycles. The van der Waals surface area contributed by atoms with Crippen molar-refractivity contribution in [3.05, 3.63) is 0 Å². The van der Waals surface area contributed by atoms with Gasteiger partial charge in [-0.2, -0.15) is 0 Å². The first-order valence-electron chi connectivity index (χ1n) is 3.79. The van der Waals surface area contributed by atoms with Gasteiger partial charge in [0.1, 0.15) is 0 Å². The monoisotopic (exact) mass is 145 g/mol. The maximum Gasteiger partial charge on any atom is 0.150 e. The van der Waals surface area contributed by atoms with Crippen molar-refractivity contribution in [2.24, 2.45) is 5.92 Å². The average Bonchev–Trinajstić information content (AvgIpc) is 2.29. The zero-order valence-electron chi connectivity index (χ0n) is 5.90. The molecular weight excluding hydrogens is 133 g/mol. The SMILES string of the molecule is F[C@@]12CNC[C@@H]1CCOC2. The van der Waals surface area contributed by atoms with E-state index in [1.165, 1.54) is 0 Å². The Bertz CT molecular complexity index is 142. The van der Waals surface area contributed by atoms with Gasteiger partial charge in [0, 0.05) is 25.6 Å². The number of hydrogen-bond acceptors (Lipinski definition) is 2. The summed E-state index contributed by atoms with van der Waals surface area (Å²) >= 11 is 0. The second kappa shape index (κ2) is 2.17. The quantitative estimate of drug-likeness (QED) is 0.530. The normalized spacial score (nSPS) is 47.1. The van der Waals surface area contributed by atoms with Gasteiger partial charge in [-0.3, -0.25) is 0 Å². The molecule has 2 heterocycles. The summed E-state index contributed by atoms with van der Waals surface area (Å²) in [5.41, 5.74) is -1.04. The Morgan fingerprint density at radius 3 is 3.30 bits per heavy atom. The van der Waals surface area contributed by atoms with Gasteiger partial charge in [0.15, 0.2) is 5.67 Å². The third-order valence-electron chi connectivity index (χ3n) is 2.49. The third kappa shape index (κ3) is 0.847. The van der Waals surface area contributed by atoms with E-state index >= 15 is 0 Å². The summed E-state index contributed by atoms with van der Waals surface area (Å²) in [6.45, 7) is 2.35. The van der Waals surface area contributed by atoms with Gasteiger partial charge in [0.2, 0.25) is 0 Å². The van der Waals surface area contributed by atoms with Crippen molar-refractivity contribution >= 4 is 0 Å². The smallest absolute Gasteiger partial charge is 0.150 e. The maximum atomic E-state index is 13.6. The van der Waals surface area contributed by atoms with E-state index in [1.54, 1.807) is 0 Å². The predicted molar refractivity (Wildman–Crippen MR) is 35.6 cm³/mol. The van der Waals surface area contributed by atoms with Crippen LogP contribution in [0.5, 0.6) is 0 Å². The highest BCUT2D eigenvalue weighted by molar-refractivity contribution is 4.97. The van der Waals surface area contributed by atoms with Crippen LogP contribution in [0.25, 0.3) is 0 Å². The van der Waals surface area contributed by atoms with Crippen LogP contribution in [0, 0.1) is 5.92 Å². The van der Waals surface area contributed by atoms with Crippen molar-refractivity contribution in [1.82, 2.24) is 5.32 Å². The molecule has 0 aromatic carbocycles. The zero-order chi connectivity index (χ0) is 7.03. The van der Waals surface area contributed by atoms with Crippen molar-refractivity contribution in [3.63, 3.8) is 0 Å². The Balaban J connectivity index is 2.10. The first-order chi connectivity index (χ1) is 4.81. The van der Waals surface area contributed by atoms with Crippen molar-refractivity contribution in [2.45, 2.75) is 12.1 Å². The highest BCUT2D eigenvalue weighted by atomic mass is 19.1. The number of nitrogens with one attached hydrogen (secondary N) is 1. The number of ether oxygens (including phenoxy) is 1. The predicted octanol–water partition coefficient (Wildman–Crippen LogP) is 0.334. The summed E-state index contributed by atoms with van der Waals surface area (Å²) in [7, 11) is 0. The number of alkyl halides is 1. The highest BCUT2D eigenvalue weighted by Gasteiger charge is 2.45. The highest BCUT2D eigenvalue weighted by Crippen LogP contribution is 2.32. The van der Waals surface area contributed by atoms with E-state index in [1.807, 2.05) is 0 Å². The molecule has 0 amide bonds. The van der Waals surface area contributed by atoms with E-state index in [-0.39, 0.29) is 5.92 Å². The lowest BCUT2D eigenvalue weighted by Gasteiger charge is -2.30. The molecule has 10 heavy (non-hydrogen) atoms. The Kier molecular flexibility index (Phi) is 1.42. The van der Waals surface area contributed by atoms with E-state index in [0.717, 1.165) is 19.6 Å². The summed E-state index contributed by atoms with van der Waals surface area (Å²) in [4.78, 5) is 0. The van der Waals surface area contributed by atoms with Gasteiger partial charge in [0.25, 0.3) is 0 Å². The molecule has 2 fully saturated rings. The van der Waals surface area contributed by atoms with Gasteiger partial charge >= 0.3 is 0 Å². The summed E-state index contributed by atoms with van der Waals surface area (Å²) in [6.07, 6.45) is 0.878. The molecule has 0 unspecified atom stereocenters. The molecule has 3 heteroatoms. The van der Waals surface area contributed by atoms with Gasteiger partial charge in [-0.1, -0.05) is 0 Å². The van der Waals surface area contributed by atoms with Crippen LogP contribution in [0.4, 0.5) is 4.39 Å². The fourth-order valence-corrected chi connectivity index (χ4v) is 1.78. The first-order valence-corrected chi connectivity index (χ1v) is 3.79. The number of hydrogen-bond donors (Lipinski definition) is 1. The summed E-state index contributed by atoms with van der Waals surface area (Å²) in [5.74, 6) is 0.209. The van der Waals surface area contributed by atoms with Crippen LogP contribution < -0.4 is 5.32 Å². The average molecular weight is 145 g/mol. The lowest BCUT2D eigenvalue weighted by Crippen LogP contribution is -2.42. The molecule has 1 N–H and O–H groups in total. The van der Waals surface area contributed by atoms with Gasteiger partial charge in [-0.15, -0.1) is 0 Å². The second-order valence-corrected chi connectivity index (χ2v) is 3.20. The molecule has 2 nitrogen and oxygen atoms in total. The molecule has 2 aliphatic rings. The first kappa shape index (κ1) is 6.55. The fourth-order valence-electron chi connectivity index (χ4n) is 1.78. The Morgan fingerprint density at radius 1 is 1.60 bits per heavy atom. The summed E-state index contributed by atoms with van der Waals surface area (Å²) < 4.78 is 18.6. The van der Waals surface area contributed by atoms with Crippen LogP contribution in [0.1, 0.15) is 6.42 Å². The van der Waals surface area contributed by atoms with Crippen LogP contribution in [-0.2, 0) is 4.74 Å². The fraction of sp³-hybridized carbons (Fsp3) is 1.00. The van der Waals surface area contributed by atoms with Crippen molar-refractivity contribution < 1.29 is 9.13 Å². The Morgan fingerprint density at radius 2 is 2.50 bits per heavy atom. The minimum Gasteiger partial charge on any atom is -0.378 e. The minimum atomic E-state index is -1.04. The van der Waals surface area contributed by atoms with Gasteiger partial charge < -0.3 is 10.1 Å². The number of fused-ring (bicyclic) bond motifs is 1. The number of halogens is 1. The van der Waals surface area contributed by atoms with Crippen LogP contribution in [-0.4, -0.2) is 32.0 Å². The minimum absolute atomic E-state index is 0.209. The summed E-state index contributed by atoms with van der Waals surface area (Å²) in [6, 6.07) is 0. The van der Waals surface area contributed by atoms with Crippen LogP contribution in [0.2, 0.25) is 0 Å². The van der Waals surface area contributed by atoms with Crippen molar-refractivity contribution in [3.8, 4) is 0 Å².